The zero-order valence-corrected chi connectivity index (χ0v) is 15.2. The monoisotopic (exact) mass is 353 g/mol. The maximum Gasteiger partial charge on any atom is 0.288 e. The largest absolute Gasteiger partial charge is 0.350 e. The van der Waals surface area contributed by atoms with E-state index < -0.39 is 0 Å². The van der Waals surface area contributed by atoms with Crippen LogP contribution in [0.3, 0.4) is 0 Å². The molecule has 0 bridgehead atoms. The van der Waals surface area contributed by atoms with Crippen LogP contribution in [0.25, 0.3) is 10.9 Å². The van der Waals surface area contributed by atoms with Gasteiger partial charge in [-0.2, -0.15) is 5.10 Å². The molecule has 1 amide bonds. The summed E-state index contributed by atoms with van der Waals surface area (Å²) in [6.07, 6.45) is 0.997. The highest BCUT2D eigenvalue weighted by molar-refractivity contribution is 6.31. The predicted molar refractivity (Wildman–Crippen MR) is 104 cm³/mol. The van der Waals surface area contributed by atoms with Crippen molar-refractivity contribution in [3.8, 4) is 0 Å². The maximum atomic E-state index is 12.5. The van der Waals surface area contributed by atoms with Gasteiger partial charge in [-0.15, -0.1) is 0 Å². The van der Waals surface area contributed by atoms with Crippen molar-refractivity contribution in [2.45, 2.75) is 27.2 Å². The maximum absolute atomic E-state index is 12.5. The molecule has 5 heteroatoms. The first-order chi connectivity index (χ1) is 12.0. The van der Waals surface area contributed by atoms with Gasteiger partial charge in [0.2, 0.25) is 0 Å². The number of H-pyrrole nitrogens is 1. The number of aryl methyl sites for hydroxylation is 2. The van der Waals surface area contributed by atoms with Crippen molar-refractivity contribution >= 4 is 34.1 Å². The van der Waals surface area contributed by atoms with Crippen LogP contribution < -0.4 is 5.43 Å². The van der Waals surface area contributed by atoms with Crippen molar-refractivity contribution in [1.29, 1.82) is 0 Å². The topological polar surface area (TPSA) is 57.2 Å². The number of hydrogen-bond donors (Lipinski definition) is 2. The number of carbonyl (C=O) groups is 1. The lowest BCUT2D eigenvalue weighted by molar-refractivity contribution is 0.0950. The Balaban J connectivity index is 1.80. The SMILES string of the molecule is CCc1ccc(/C(C)=N/NC(=O)c2[nH]c3ccc(Cl)cc3c2C)cc1. The van der Waals surface area contributed by atoms with E-state index >= 15 is 0 Å². The molecular formula is C20H20ClN3O. The van der Waals surface area contributed by atoms with Crippen molar-refractivity contribution in [3.63, 3.8) is 0 Å². The molecule has 2 aromatic carbocycles. The second-order valence-corrected chi connectivity index (χ2v) is 6.44. The quantitative estimate of drug-likeness (QED) is 0.511. The van der Waals surface area contributed by atoms with Gasteiger partial charge in [0.05, 0.1) is 5.71 Å². The van der Waals surface area contributed by atoms with Crippen LogP contribution in [0.4, 0.5) is 0 Å². The van der Waals surface area contributed by atoms with Gasteiger partial charge in [-0.25, -0.2) is 5.43 Å². The summed E-state index contributed by atoms with van der Waals surface area (Å²) >= 11 is 6.04. The van der Waals surface area contributed by atoms with E-state index in [4.69, 9.17) is 11.6 Å². The third-order valence-corrected chi connectivity index (χ3v) is 4.59. The second kappa shape index (κ2) is 7.11. The first kappa shape index (κ1) is 17.2. The van der Waals surface area contributed by atoms with E-state index in [0.717, 1.165) is 34.2 Å². The molecule has 0 aliphatic heterocycles. The molecule has 3 aromatic rings. The number of halogens is 1. The van der Waals surface area contributed by atoms with Gasteiger partial charge < -0.3 is 4.98 Å². The van der Waals surface area contributed by atoms with E-state index in [1.165, 1.54) is 5.56 Å². The minimum atomic E-state index is -0.269. The lowest BCUT2D eigenvalue weighted by atomic mass is 10.1. The molecule has 0 atom stereocenters. The first-order valence-corrected chi connectivity index (χ1v) is 8.59. The number of fused-ring (bicyclic) bond motifs is 1. The highest BCUT2D eigenvalue weighted by Crippen LogP contribution is 2.24. The van der Waals surface area contributed by atoms with Crippen LogP contribution >= 0.6 is 11.6 Å². The van der Waals surface area contributed by atoms with E-state index in [2.05, 4.69) is 34.6 Å². The average Bonchev–Trinajstić information content (AvgIpc) is 2.96. The summed E-state index contributed by atoms with van der Waals surface area (Å²) in [4.78, 5) is 15.6. The fourth-order valence-corrected chi connectivity index (χ4v) is 2.93. The molecule has 4 nitrogen and oxygen atoms in total. The fourth-order valence-electron chi connectivity index (χ4n) is 2.76. The Kier molecular flexibility index (Phi) is 4.91. The van der Waals surface area contributed by atoms with Crippen molar-refractivity contribution in [2.75, 3.05) is 0 Å². The summed E-state index contributed by atoms with van der Waals surface area (Å²) in [6.45, 7) is 5.88. The Morgan fingerprint density at radius 2 is 1.92 bits per heavy atom. The lowest BCUT2D eigenvalue weighted by Gasteiger charge is -2.04. The molecule has 128 valence electrons. The molecule has 1 aromatic heterocycles. The van der Waals surface area contributed by atoms with Crippen molar-refractivity contribution in [2.24, 2.45) is 5.10 Å². The fraction of sp³-hybridized carbons (Fsp3) is 0.200. The second-order valence-electron chi connectivity index (χ2n) is 6.00. The minimum absolute atomic E-state index is 0.269. The van der Waals surface area contributed by atoms with E-state index in [1.807, 2.05) is 38.1 Å². The number of benzene rings is 2. The van der Waals surface area contributed by atoms with Gasteiger partial charge in [0.1, 0.15) is 5.69 Å². The summed E-state index contributed by atoms with van der Waals surface area (Å²) in [7, 11) is 0. The van der Waals surface area contributed by atoms with E-state index in [0.29, 0.717) is 10.7 Å². The molecule has 0 aliphatic carbocycles. The summed E-state index contributed by atoms with van der Waals surface area (Å²) < 4.78 is 0. The first-order valence-electron chi connectivity index (χ1n) is 8.21. The van der Waals surface area contributed by atoms with Crippen LogP contribution in [0.2, 0.25) is 5.02 Å². The number of aromatic nitrogens is 1. The van der Waals surface area contributed by atoms with Gasteiger partial charge in [0, 0.05) is 15.9 Å². The Morgan fingerprint density at radius 3 is 2.60 bits per heavy atom. The number of hydrogen-bond acceptors (Lipinski definition) is 2. The molecular weight excluding hydrogens is 334 g/mol. The van der Waals surface area contributed by atoms with Crippen LogP contribution in [-0.2, 0) is 6.42 Å². The number of amides is 1. The normalized spacial score (nSPS) is 11.8. The van der Waals surface area contributed by atoms with E-state index in [9.17, 15) is 4.79 Å². The molecule has 0 radical (unpaired) electrons. The number of aromatic amines is 1. The van der Waals surface area contributed by atoms with Gasteiger partial charge in [0.25, 0.3) is 5.91 Å². The van der Waals surface area contributed by atoms with E-state index in [-0.39, 0.29) is 5.91 Å². The van der Waals surface area contributed by atoms with Crippen LogP contribution in [0.5, 0.6) is 0 Å². The predicted octanol–water partition coefficient (Wildman–Crippen LogP) is 4.85. The molecule has 0 aliphatic rings. The molecule has 0 saturated carbocycles. The Bertz CT molecular complexity index is 955. The molecule has 3 rings (SSSR count). The zero-order chi connectivity index (χ0) is 18.0. The smallest absolute Gasteiger partial charge is 0.288 e. The number of nitrogens with one attached hydrogen (secondary N) is 2. The van der Waals surface area contributed by atoms with Gasteiger partial charge in [-0.1, -0.05) is 42.8 Å². The molecule has 25 heavy (non-hydrogen) atoms. The minimum Gasteiger partial charge on any atom is -0.350 e. The summed E-state index contributed by atoms with van der Waals surface area (Å²) in [5.74, 6) is -0.269. The third kappa shape index (κ3) is 3.59. The van der Waals surface area contributed by atoms with Gasteiger partial charge in [-0.3, -0.25) is 4.79 Å². The van der Waals surface area contributed by atoms with Gasteiger partial charge >= 0.3 is 0 Å². The molecule has 2 N–H and O–H groups in total. The lowest BCUT2D eigenvalue weighted by Crippen LogP contribution is -2.20. The summed E-state index contributed by atoms with van der Waals surface area (Å²) in [5, 5.41) is 5.81. The van der Waals surface area contributed by atoms with Crippen LogP contribution in [-0.4, -0.2) is 16.6 Å². The molecule has 1 heterocycles. The van der Waals surface area contributed by atoms with Crippen molar-refractivity contribution < 1.29 is 4.79 Å². The van der Waals surface area contributed by atoms with Gasteiger partial charge in [-0.05, 0) is 55.2 Å². The standard InChI is InChI=1S/C20H20ClN3O/c1-4-14-5-7-15(8-6-14)13(3)23-24-20(25)19-12(2)17-11-16(21)9-10-18(17)22-19/h5-11,22H,4H2,1-3H3,(H,24,25)/b23-13+. The van der Waals surface area contributed by atoms with Gasteiger partial charge in [0.15, 0.2) is 0 Å². The highest BCUT2D eigenvalue weighted by atomic mass is 35.5. The highest BCUT2D eigenvalue weighted by Gasteiger charge is 2.14. The van der Waals surface area contributed by atoms with Crippen molar-refractivity contribution in [1.82, 2.24) is 10.4 Å². The number of carbonyl (C=O) groups excluding carboxylic acids is 1. The Hall–Kier alpha value is -2.59. The summed E-state index contributed by atoms with van der Waals surface area (Å²) in [5.41, 5.74) is 7.87. The average molecular weight is 354 g/mol. The Labute approximate surface area is 151 Å². The van der Waals surface area contributed by atoms with E-state index in [1.54, 1.807) is 6.07 Å². The molecule has 0 unspecified atom stereocenters. The molecule has 0 saturated heterocycles. The van der Waals surface area contributed by atoms with Crippen LogP contribution in [0, 0.1) is 6.92 Å². The Morgan fingerprint density at radius 1 is 1.20 bits per heavy atom. The van der Waals surface area contributed by atoms with Crippen LogP contribution in [0.15, 0.2) is 47.6 Å². The summed E-state index contributed by atoms with van der Waals surface area (Å²) in [6, 6.07) is 13.7. The number of hydrazone groups is 1. The van der Waals surface area contributed by atoms with Crippen LogP contribution in [0.1, 0.15) is 41.0 Å². The number of rotatable bonds is 4. The molecule has 0 fully saturated rings. The van der Waals surface area contributed by atoms with Crippen molar-refractivity contribution in [3.05, 3.63) is 69.9 Å². The molecule has 0 spiro atoms. The number of nitrogens with zero attached hydrogens (tertiary/aromatic N) is 1. The zero-order valence-electron chi connectivity index (χ0n) is 14.5. The third-order valence-electron chi connectivity index (χ3n) is 4.35.